The monoisotopic (exact) mass is 243 g/mol. The summed E-state index contributed by atoms with van der Waals surface area (Å²) in [6.07, 6.45) is 4.71. The van der Waals surface area contributed by atoms with Crippen LogP contribution in [0.1, 0.15) is 12.8 Å². The molecule has 3 fully saturated rings. The molecular formula is C11H19N2O2S. The van der Waals surface area contributed by atoms with Crippen molar-refractivity contribution < 1.29 is 8.42 Å². The van der Waals surface area contributed by atoms with E-state index in [0.717, 1.165) is 32.7 Å². The van der Waals surface area contributed by atoms with Crippen molar-refractivity contribution in [1.29, 1.82) is 0 Å². The van der Waals surface area contributed by atoms with Gasteiger partial charge in [-0.2, -0.15) is 0 Å². The molecule has 2 heterocycles. The van der Waals surface area contributed by atoms with Gasteiger partial charge in [-0.05, 0) is 44.2 Å². The summed E-state index contributed by atoms with van der Waals surface area (Å²) in [4.78, 5) is 2.26. The first-order valence-corrected chi connectivity index (χ1v) is 7.81. The van der Waals surface area contributed by atoms with Gasteiger partial charge in [0.25, 0.3) is 0 Å². The Balaban J connectivity index is 1.52. The van der Waals surface area contributed by atoms with Gasteiger partial charge in [0.15, 0.2) is 0 Å². The lowest BCUT2D eigenvalue weighted by Crippen LogP contribution is -2.36. The first kappa shape index (κ1) is 11.0. The van der Waals surface area contributed by atoms with Crippen molar-refractivity contribution in [2.75, 3.05) is 38.5 Å². The zero-order valence-corrected chi connectivity index (χ0v) is 10.3. The van der Waals surface area contributed by atoms with Crippen molar-refractivity contribution in [3.05, 3.63) is 6.42 Å². The van der Waals surface area contributed by atoms with Crippen molar-refractivity contribution in [3.8, 4) is 0 Å². The summed E-state index contributed by atoms with van der Waals surface area (Å²) in [5.41, 5.74) is 0. The number of likely N-dealkylation sites (tertiary alicyclic amines) is 1. The molecule has 1 radical (unpaired) electrons. The lowest BCUT2D eigenvalue weighted by atomic mass is 10.4. The summed E-state index contributed by atoms with van der Waals surface area (Å²) >= 11 is 0. The maximum atomic E-state index is 12.0. The lowest BCUT2D eigenvalue weighted by molar-refractivity contribution is 0.354. The Kier molecular flexibility index (Phi) is 2.72. The third-order valence-corrected chi connectivity index (χ3v) is 5.77. The van der Waals surface area contributed by atoms with E-state index >= 15 is 0 Å². The highest BCUT2D eigenvalue weighted by Crippen LogP contribution is 2.44. The zero-order valence-electron chi connectivity index (χ0n) is 9.51. The molecule has 0 aromatic carbocycles. The van der Waals surface area contributed by atoms with Crippen LogP contribution in [0.5, 0.6) is 0 Å². The fourth-order valence-corrected chi connectivity index (χ4v) is 4.34. The molecule has 0 amide bonds. The van der Waals surface area contributed by atoms with Crippen molar-refractivity contribution in [1.82, 2.24) is 9.21 Å². The minimum Gasteiger partial charge on any atom is -0.302 e. The number of hydrogen-bond donors (Lipinski definition) is 0. The van der Waals surface area contributed by atoms with Gasteiger partial charge in [-0.3, -0.25) is 0 Å². The molecule has 16 heavy (non-hydrogen) atoms. The molecule has 0 bridgehead atoms. The van der Waals surface area contributed by atoms with E-state index in [1.54, 1.807) is 4.31 Å². The topological polar surface area (TPSA) is 40.6 Å². The fraction of sp³-hybridized carbons (Fsp3) is 0.909. The second-order valence-electron chi connectivity index (χ2n) is 5.20. The van der Waals surface area contributed by atoms with Crippen LogP contribution in [0.15, 0.2) is 0 Å². The summed E-state index contributed by atoms with van der Waals surface area (Å²) < 4.78 is 25.8. The smallest absolute Gasteiger partial charge is 0.215 e. The molecule has 2 aliphatic heterocycles. The van der Waals surface area contributed by atoms with Crippen LogP contribution in [0.4, 0.5) is 0 Å². The molecule has 3 aliphatic rings. The van der Waals surface area contributed by atoms with Gasteiger partial charge in [0, 0.05) is 19.6 Å². The van der Waals surface area contributed by atoms with E-state index in [9.17, 15) is 8.42 Å². The van der Waals surface area contributed by atoms with Gasteiger partial charge in [0.05, 0.1) is 5.75 Å². The van der Waals surface area contributed by atoms with E-state index in [4.69, 9.17) is 0 Å². The third-order valence-electron chi connectivity index (χ3n) is 3.99. The van der Waals surface area contributed by atoms with Gasteiger partial charge < -0.3 is 4.90 Å². The van der Waals surface area contributed by atoms with E-state index in [0.29, 0.717) is 17.6 Å². The van der Waals surface area contributed by atoms with Crippen LogP contribution in [0.2, 0.25) is 0 Å². The molecule has 2 saturated heterocycles. The molecule has 0 aromatic heterocycles. The predicted octanol–water partition coefficient (Wildman–Crippen LogP) is 0.178. The summed E-state index contributed by atoms with van der Waals surface area (Å²) in [6, 6.07) is 0. The normalized spacial score (nSPS) is 35.5. The fourth-order valence-electron chi connectivity index (χ4n) is 2.80. The van der Waals surface area contributed by atoms with Crippen LogP contribution in [0.25, 0.3) is 0 Å². The summed E-state index contributed by atoms with van der Waals surface area (Å²) in [7, 11) is -2.98. The van der Waals surface area contributed by atoms with E-state index in [1.165, 1.54) is 12.8 Å². The minimum absolute atomic E-state index is 0.312. The van der Waals surface area contributed by atoms with E-state index in [2.05, 4.69) is 11.3 Å². The molecule has 2 atom stereocenters. The molecule has 1 saturated carbocycles. The van der Waals surface area contributed by atoms with Gasteiger partial charge in [-0.15, -0.1) is 0 Å². The van der Waals surface area contributed by atoms with Gasteiger partial charge in [-0.1, -0.05) is 0 Å². The highest BCUT2D eigenvalue weighted by Gasteiger charge is 2.48. The number of piperidine rings is 1. The standard InChI is InChI=1S/C11H19N2O2S/c14-16(15,6-5-12-3-1-2-4-12)13-8-10-7-11(10)9-13/h7,10-11H,1-6,8-9H2/t10-,11+. The van der Waals surface area contributed by atoms with Gasteiger partial charge >= 0.3 is 0 Å². The Morgan fingerprint density at radius 1 is 1.12 bits per heavy atom. The SMILES string of the molecule is O=S(=O)(CCN1CCCC1)N1C[C@H]2[CH][C@H]2C1. The van der Waals surface area contributed by atoms with Gasteiger partial charge in [0.1, 0.15) is 0 Å². The van der Waals surface area contributed by atoms with Crippen LogP contribution in [0.3, 0.4) is 0 Å². The number of fused-ring (bicyclic) bond motifs is 1. The molecule has 0 spiro atoms. The van der Waals surface area contributed by atoms with Crippen LogP contribution in [-0.4, -0.2) is 56.1 Å². The second-order valence-corrected chi connectivity index (χ2v) is 7.29. The van der Waals surface area contributed by atoms with Crippen molar-refractivity contribution >= 4 is 10.0 Å². The minimum atomic E-state index is -2.98. The van der Waals surface area contributed by atoms with E-state index in [-0.39, 0.29) is 0 Å². The first-order valence-electron chi connectivity index (χ1n) is 6.20. The molecule has 3 rings (SSSR count). The average molecular weight is 243 g/mol. The molecule has 0 N–H and O–H groups in total. The number of nitrogens with zero attached hydrogens (tertiary/aromatic N) is 2. The Morgan fingerprint density at radius 3 is 2.38 bits per heavy atom. The maximum Gasteiger partial charge on any atom is 0.215 e. The molecular weight excluding hydrogens is 224 g/mol. The van der Waals surface area contributed by atoms with Crippen molar-refractivity contribution in [2.24, 2.45) is 11.8 Å². The van der Waals surface area contributed by atoms with E-state index < -0.39 is 10.0 Å². The van der Waals surface area contributed by atoms with Crippen LogP contribution in [-0.2, 0) is 10.0 Å². The summed E-state index contributed by atoms with van der Waals surface area (Å²) in [5, 5.41) is 0. The van der Waals surface area contributed by atoms with Crippen molar-refractivity contribution in [2.45, 2.75) is 12.8 Å². The largest absolute Gasteiger partial charge is 0.302 e. The van der Waals surface area contributed by atoms with Gasteiger partial charge in [-0.25, -0.2) is 12.7 Å². The van der Waals surface area contributed by atoms with Gasteiger partial charge in [0.2, 0.25) is 10.0 Å². The van der Waals surface area contributed by atoms with E-state index in [1.807, 2.05) is 0 Å². The Hall–Kier alpha value is -0.130. The summed E-state index contributed by atoms with van der Waals surface area (Å²) in [5.74, 6) is 1.45. The lowest BCUT2D eigenvalue weighted by Gasteiger charge is -2.20. The second kappa shape index (κ2) is 3.96. The Bertz CT molecular complexity index is 352. The zero-order chi connectivity index (χ0) is 11.2. The molecule has 0 unspecified atom stereocenters. The first-order chi connectivity index (χ1) is 7.65. The molecule has 4 nitrogen and oxygen atoms in total. The predicted molar refractivity (Wildman–Crippen MR) is 62.3 cm³/mol. The third kappa shape index (κ3) is 2.13. The number of hydrogen-bond acceptors (Lipinski definition) is 3. The Morgan fingerprint density at radius 2 is 1.75 bits per heavy atom. The summed E-state index contributed by atoms with van der Waals surface area (Å²) in [6.45, 7) is 4.36. The molecule has 5 heteroatoms. The highest BCUT2D eigenvalue weighted by molar-refractivity contribution is 7.89. The molecule has 91 valence electrons. The van der Waals surface area contributed by atoms with Crippen LogP contribution >= 0.6 is 0 Å². The average Bonchev–Trinajstić information content (AvgIpc) is 2.74. The number of sulfonamides is 1. The molecule has 0 aromatic rings. The number of rotatable bonds is 4. The maximum absolute atomic E-state index is 12.0. The molecule has 1 aliphatic carbocycles. The quantitative estimate of drug-likeness (QED) is 0.707. The highest BCUT2D eigenvalue weighted by atomic mass is 32.2. The van der Waals surface area contributed by atoms with Crippen LogP contribution in [0, 0.1) is 18.3 Å². The van der Waals surface area contributed by atoms with Crippen LogP contribution < -0.4 is 0 Å². The Labute approximate surface area is 97.7 Å². The van der Waals surface area contributed by atoms with Crippen molar-refractivity contribution in [3.63, 3.8) is 0 Å².